The predicted octanol–water partition coefficient (Wildman–Crippen LogP) is 1.90. The van der Waals surface area contributed by atoms with E-state index in [1.807, 2.05) is 0 Å². The molecule has 110 valence electrons. The van der Waals surface area contributed by atoms with Crippen LogP contribution in [0.3, 0.4) is 0 Å². The molecule has 21 heavy (non-hydrogen) atoms. The minimum absolute atomic E-state index is 0.0556. The van der Waals surface area contributed by atoms with E-state index in [0.717, 1.165) is 0 Å². The molecule has 0 saturated carbocycles. The van der Waals surface area contributed by atoms with Crippen LogP contribution in [0.15, 0.2) is 47.6 Å². The summed E-state index contributed by atoms with van der Waals surface area (Å²) in [5, 5.41) is 2.85. The van der Waals surface area contributed by atoms with Crippen molar-refractivity contribution in [2.75, 3.05) is 12.4 Å². The van der Waals surface area contributed by atoms with E-state index in [1.54, 1.807) is 6.07 Å². The second-order valence-electron chi connectivity index (χ2n) is 4.05. The molecule has 0 bridgehead atoms. The Morgan fingerprint density at radius 3 is 2.71 bits per heavy atom. The number of anilines is 1. The number of halogens is 1. The van der Waals surface area contributed by atoms with E-state index in [-0.39, 0.29) is 15.5 Å². The number of hydrogen-bond donors (Lipinski definition) is 2. The van der Waals surface area contributed by atoms with Gasteiger partial charge in [-0.1, -0.05) is 17.7 Å². The lowest BCUT2D eigenvalue weighted by atomic mass is 10.2. The van der Waals surface area contributed by atoms with Crippen LogP contribution in [0.2, 0.25) is 5.02 Å². The Labute approximate surface area is 127 Å². The van der Waals surface area contributed by atoms with E-state index in [4.69, 9.17) is 11.6 Å². The number of carbonyl (C=O) groups excluding carboxylic acids is 1. The fourth-order valence-corrected chi connectivity index (χ4v) is 2.57. The Bertz CT molecular complexity index is 778. The molecule has 1 amide bonds. The molecule has 0 atom stereocenters. The van der Waals surface area contributed by atoms with Gasteiger partial charge in [0.15, 0.2) is 0 Å². The average molecular weight is 326 g/mol. The van der Waals surface area contributed by atoms with Gasteiger partial charge in [-0.15, -0.1) is 0 Å². The number of benzene rings is 1. The van der Waals surface area contributed by atoms with Crippen molar-refractivity contribution in [1.29, 1.82) is 0 Å². The van der Waals surface area contributed by atoms with E-state index in [0.29, 0.717) is 5.69 Å². The first-order valence-corrected chi connectivity index (χ1v) is 7.74. The number of sulfonamides is 1. The van der Waals surface area contributed by atoms with Crippen LogP contribution in [-0.4, -0.2) is 26.4 Å². The molecular formula is C13H12ClN3O3S. The summed E-state index contributed by atoms with van der Waals surface area (Å²) in [6, 6.07) is 7.40. The Morgan fingerprint density at radius 2 is 2.05 bits per heavy atom. The second-order valence-corrected chi connectivity index (χ2v) is 6.34. The highest BCUT2D eigenvalue weighted by molar-refractivity contribution is 7.89. The third-order valence-electron chi connectivity index (χ3n) is 2.68. The van der Waals surface area contributed by atoms with Crippen molar-refractivity contribution >= 4 is 33.2 Å². The molecule has 0 spiro atoms. The lowest BCUT2D eigenvalue weighted by Gasteiger charge is -2.08. The van der Waals surface area contributed by atoms with Crippen molar-refractivity contribution in [2.24, 2.45) is 0 Å². The van der Waals surface area contributed by atoms with Gasteiger partial charge >= 0.3 is 0 Å². The molecule has 0 aliphatic rings. The standard InChI is InChI=1S/C13H12ClN3O3S/c1-15-21(19,20)10-4-2-3-9(7-10)17-13(18)11-8-16-6-5-12(11)14/h2-8,15H,1H3,(H,17,18). The van der Waals surface area contributed by atoms with E-state index >= 15 is 0 Å². The van der Waals surface area contributed by atoms with Gasteiger partial charge in [-0.25, -0.2) is 13.1 Å². The molecule has 1 aromatic carbocycles. The van der Waals surface area contributed by atoms with Crippen LogP contribution < -0.4 is 10.0 Å². The van der Waals surface area contributed by atoms with Gasteiger partial charge in [0.25, 0.3) is 5.91 Å². The summed E-state index contributed by atoms with van der Waals surface area (Å²) in [4.78, 5) is 15.9. The molecule has 0 radical (unpaired) electrons. The summed E-state index contributed by atoms with van der Waals surface area (Å²) < 4.78 is 25.6. The monoisotopic (exact) mass is 325 g/mol. The number of amides is 1. The predicted molar refractivity (Wildman–Crippen MR) is 79.9 cm³/mol. The first-order valence-electron chi connectivity index (χ1n) is 5.88. The normalized spacial score (nSPS) is 11.1. The highest BCUT2D eigenvalue weighted by Gasteiger charge is 2.14. The molecule has 0 fully saturated rings. The summed E-state index contributed by atoms with van der Waals surface area (Å²) in [5.41, 5.74) is 0.553. The topological polar surface area (TPSA) is 88.2 Å². The minimum atomic E-state index is -3.57. The van der Waals surface area contributed by atoms with Crippen molar-refractivity contribution in [1.82, 2.24) is 9.71 Å². The van der Waals surface area contributed by atoms with Gasteiger partial charge in [-0.05, 0) is 31.3 Å². The van der Waals surface area contributed by atoms with Gasteiger partial charge in [-0.3, -0.25) is 9.78 Å². The maximum Gasteiger partial charge on any atom is 0.258 e. The first-order chi connectivity index (χ1) is 9.94. The van der Waals surface area contributed by atoms with Crippen LogP contribution >= 0.6 is 11.6 Å². The SMILES string of the molecule is CNS(=O)(=O)c1cccc(NC(=O)c2cnccc2Cl)c1. The van der Waals surface area contributed by atoms with Crippen LogP contribution in [0.25, 0.3) is 0 Å². The van der Waals surface area contributed by atoms with Gasteiger partial charge in [-0.2, -0.15) is 0 Å². The number of pyridine rings is 1. The van der Waals surface area contributed by atoms with E-state index < -0.39 is 15.9 Å². The van der Waals surface area contributed by atoms with Crippen LogP contribution in [0.4, 0.5) is 5.69 Å². The largest absolute Gasteiger partial charge is 0.322 e. The van der Waals surface area contributed by atoms with Gasteiger partial charge in [0, 0.05) is 18.1 Å². The molecule has 8 heteroatoms. The van der Waals surface area contributed by atoms with Crippen LogP contribution in [-0.2, 0) is 10.0 Å². The molecular weight excluding hydrogens is 314 g/mol. The van der Waals surface area contributed by atoms with Crippen LogP contribution in [0, 0.1) is 0 Å². The average Bonchev–Trinajstić information content (AvgIpc) is 2.48. The molecule has 1 heterocycles. The first kappa shape index (κ1) is 15.4. The highest BCUT2D eigenvalue weighted by Crippen LogP contribution is 2.18. The maximum atomic E-state index is 12.1. The number of nitrogens with one attached hydrogen (secondary N) is 2. The van der Waals surface area contributed by atoms with E-state index in [9.17, 15) is 13.2 Å². The third-order valence-corrected chi connectivity index (χ3v) is 4.43. The van der Waals surface area contributed by atoms with Gasteiger partial charge < -0.3 is 5.32 Å². The number of nitrogens with zero attached hydrogens (tertiary/aromatic N) is 1. The quantitative estimate of drug-likeness (QED) is 0.898. The lowest BCUT2D eigenvalue weighted by molar-refractivity contribution is 0.102. The molecule has 0 aliphatic carbocycles. The van der Waals surface area contributed by atoms with Crippen LogP contribution in [0.5, 0.6) is 0 Å². The molecule has 1 aromatic heterocycles. The van der Waals surface area contributed by atoms with Gasteiger partial charge in [0.05, 0.1) is 15.5 Å². The van der Waals surface area contributed by atoms with Crippen molar-refractivity contribution < 1.29 is 13.2 Å². The zero-order chi connectivity index (χ0) is 15.5. The van der Waals surface area contributed by atoms with Crippen molar-refractivity contribution in [3.05, 3.63) is 53.3 Å². The minimum Gasteiger partial charge on any atom is -0.322 e. The molecule has 2 aromatic rings. The Morgan fingerprint density at radius 1 is 1.29 bits per heavy atom. The summed E-state index contributed by atoms with van der Waals surface area (Å²) >= 11 is 5.90. The van der Waals surface area contributed by atoms with E-state index in [2.05, 4.69) is 15.0 Å². The number of carbonyl (C=O) groups is 1. The molecule has 0 unspecified atom stereocenters. The highest BCUT2D eigenvalue weighted by atomic mass is 35.5. The van der Waals surface area contributed by atoms with Crippen LogP contribution in [0.1, 0.15) is 10.4 Å². The van der Waals surface area contributed by atoms with Crippen molar-refractivity contribution in [2.45, 2.75) is 4.90 Å². The second kappa shape index (κ2) is 6.21. The maximum absolute atomic E-state index is 12.1. The Kier molecular flexibility index (Phi) is 4.56. The molecule has 0 saturated heterocycles. The smallest absolute Gasteiger partial charge is 0.258 e. The van der Waals surface area contributed by atoms with E-state index in [1.165, 1.54) is 43.7 Å². The number of rotatable bonds is 4. The van der Waals surface area contributed by atoms with Gasteiger partial charge in [0.2, 0.25) is 10.0 Å². The summed E-state index contributed by atoms with van der Waals surface area (Å²) in [5.74, 6) is -0.466. The fraction of sp³-hybridized carbons (Fsp3) is 0.0769. The summed E-state index contributed by atoms with van der Waals surface area (Å²) in [6.45, 7) is 0. The molecule has 2 rings (SSSR count). The van der Waals surface area contributed by atoms with Crippen molar-refractivity contribution in [3.8, 4) is 0 Å². The number of hydrogen-bond acceptors (Lipinski definition) is 4. The van der Waals surface area contributed by atoms with Crippen molar-refractivity contribution in [3.63, 3.8) is 0 Å². The molecule has 2 N–H and O–H groups in total. The number of aromatic nitrogens is 1. The fourth-order valence-electron chi connectivity index (χ4n) is 1.60. The zero-order valence-corrected chi connectivity index (χ0v) is 12.6. The Balaban J connectivity index is 2.27. The third kappa shape index (κ3) is 3.57. The summed E-state index contributed by atoms with van der Waals surface area (Å²) in [7, 11) is -2.25. The molecule has 6 nitrogen and oxygen atoms in total. The lowest BCUT2D eigenvalue weighted by Crippen LogP contribution is -2.19. The summed E-state index contributed by atoms with van der Waals surface area (Å²) in [6.07, 6.45) is 2.81. The Hall–Kier alpha value is -1.96. The van der Waals surface area contributed by atoms with Gasteiger partial charge in [0.1, 0.15) is 0 Å². The zero-order valence-electron chi connectivity index (χ0n) is 11.0. The molecule has 0 aliphatic heterocycles.